The van der Waals surface area contributed by atoms with Crippen LogP contribution in [0.1, 0.15) is 12.0 Å². The smallest absolute Gasteiger partial charge is 0.229 e. The lowest BCUT2D eigenvalue weighted by molar-refractivity contribution is -0.128. The molecule has 0 unspecified atom stereocenters. The molecular formula is C23H25N3O4. The summed E-state index contributed by atoms with van der Waals surface area (Å²) in [4.78, 5) is 30.1. The molecule has 2 amide bonds. The summed E-state index contributed by atoms with van der Waals surface area (Å²) in [7, 11) is 3.24. The van der Waals surface area contributed by atoms with E-state index in [2.05, 4.69) is 10.3 Å². The molecule has 1 aliphatic heterocycles. The number of ether oxygens (including phenoxy) is 2. The van der Waals surface area contributed by atoms with Crippen molar-refractivity contribution in [1.29, 1.82) is 0 Å². The number of nitrogens with one attached hydrogen (secondary N) is 2. The maximum atomic E-state index is 12.6. The molecule has 7 heteroatoms. The van der Waals surface area contributed by atoms with Gasteiger partial charge in [-0.1, -0.05) is 0 Å². The van der Waals surface area contributed by atoms with Crippen LogP contribution in [0.3, 0.4) is 0 Å². The highest BCUT2D eigenvalue weighted by Gasteiger charge is 2.34. The summed E-state index contributed by atoms with van der Waals surface area (Å²) in [5, 5.41) is 3.98. The summed E-state index contributed by atoms with van der Waals surface area (Å²) in [6, 6.07) is 13.1. The summed E-state index contributed by atoms with van der Waals surface area (Å²) in [5.41, 5.74) is 2.86. The Morgan fingerprint density at radius 2 is 1.87 bits per heavy atom. The fraction of sp³-hybridized carbons (Fsp3) is 0.304. The normalized spacial score (nSPS) is 16.1. The van der Waals surface area contributed by atoms with Crippen LogP contribution in [0.25, 0.3) is 10.9 Å². The number of hydrogen-bond acceptors (Lipinski definition) is 4. The first-order valence-electron chi connectivity index (χ1n) is 9.94. The van der Waals surface area contributed by atoms with Gasteiger partial charge in [0.2, 0.25) is 11.8 Å². The van der Waals surface area contributed by atoms with E-state index < -0.39 is 0 Å². The molecular weight excluding hydrogens is 382 g/mol. The van der Waals surface area contributed by atoms with Gasteiger partial charge in [0, 0.05) is 42.3 Å². The van der Waals surface area contributed by atoms with Gasteiger partial charge < -0.3 is 24.7 Å². The van der Waals surface area contributed by atoms with Gasteiger partial charge in [0.25, 0.3) is 0 Å². The number of anilines is 1. The molecule has 1 aliphatic rings. The van der Waals surface area contributed by atoms with Crippen molar-refractivity contribution in [3.05, 3.63) is 54.2 Å². The van der Waals surface area contributed by atoms with Gasteiger partial charge in [-0.3, -0.25) is 9.59 Å². The second-order valence-electron chi connectivity index (χ2n) is 7.43. The van der Waals surface area contributed by atoms with Gasteiger partial charge in [0.05, 0.1) is 20.1 Å². The highest BCUT2D eigenvalue weighted by molar-refractivity contribution is 5.97. The Kier molecular flexibility index (Phi) is 5.61. The number of rotatable bonds is 7. The molecule has 2 N–H and O–H groups in total. The number of nitrogens with zero attached hydrogens (tertiary/aromatic N) is 1. The van der Waals surface area contributed by atoms with Crippen LogP contribution in [-0.4, -0.2) is 49.0 Å². The van der Waals surface area contributed by atoms with E-state index in [4.69, 9.17) is 9.47 Å². The number of fused-ring (bicyclic) bond motifs is 1. The van der Waals surface area contributed by atoms with Crippen molar-refractivity contribution in [2.24, 2.45) is 5.92 Å². The highest BCUT2D eigenvalue weighted by Crippen LogP contribution is 2.26. The van der Waals surface area contributed by atoms with E-state index in [1.807, 2.05) is 24.4 Å². The molecule has 0 radical (unpaired) electrons. The second kappa shape index (κ2) is 8.49. The average molecular weight is 407 g/mol. The van der Waals surface area contributed by atoms with Crippen molar-refractivity contribution in [2.75, 3.05) is 32.6 Å². The highest BCUT2D eigenvalue weighted by atomic mass is 16.5. The number of carbonyl (C=O) groups is 2. The van der Waals surface area contributed by atoms with Crippen molar-refractivity contribution in [1.82, 2.24) is 9.88 Å². The zero-order valence-electron chi connectivity index (χ0n) is 17.1. The average Bonchev–Trinajstić information content (AvgIpc) is 3.35. The van der Waals surface area contributed by atoms with E-state index in [9.17, 15) is 9.59 Å². The van der Waals surface area contributed by atoms with Crippen LogP contribution in [0.4, 0.5) is 5.69 Å². The lowest BCUT2D eigenvalue weighted by Crippen LogP contribution is -2.30. The number of carbonyl (C=O) groups excluding carboxylic acids is 2. The number of hydrogen-bond donors (Lipinski definition) is 2. The molecule has 0 spiro atoms. The van der Waals surface area contributed by atoms with Gasteiger partial charge >= 0.3 is 0 Å². The molecule has 4 rings (SSSR count). The first-order chi connectivity index (χ1) is 14.6. The summed E-state index contributed by atoms with van der Waals surface area (Å²) >= 11 is 0. The molecule has 0 saturated carbocycles. The minimum Gasteiger partial charge on any atom is -0.497 e. The molecule has 2 aromatic carbocycles. The molecule has 1 fully saturated rings. The molecule has 1 aromatic heterocycles. The number of methoxy groups -OCH3 is 2. The Bertz CT molecular complexity index is 1060. The largest absolute Gasteiger partial charge is 0.497 e. The van der Waals surface area contributed by atoms with Crippen molar-refractivity contribution in [2.45, 2.75) is 12.8 Å². The second-order valence-corrected chi connectivity index (χ2v) is 7.43. The van der Waals surface area contributed by atoms with Crippen LogP contribution < -0.4 is 14.8 Å². The zero-order valence-corrected chi connectivity index (χ0v) is 17.1. The molecule has 0 aliphatic carbocycles. The fourth-order valence-electron chi connectivity index (χ4n) is 3.83. The molecule has 1 atom stereocenters. The van der Waals surface area contributed by atoms with Gasteiger partial charge in [-0.05, 0) is 54.4 Å². The summed E-state index contributed by atoms with van der Waals surface area (Å²) < 4.78 is 10.4. The van der Waals surface area contributed by atoms with Crippen LogP contribution in [0, 0.1) is 5.92 Å². The van der Waals surface area contributed by atoms with Crippen molar-refractivity contribution in [3.8, 4) is 11.5 Å². The van der Waals surface area contributed by atoms with Crippen molar-refractivity contribution < 1.29 is 19.1 Å². The predicted octanol–water partition coefficient (Wildman–Crippen LogP) is 3.21. The van der Waals surface area contributed by atoms with E-state index >= 15 is 0 Å². The van der Waals surface area contributed by atoms with Crippen LogP contribution in [-0.2, 0) is 16.0 Å². The topological polar surface area (TPSA) is 83.7 Å². The van der Waals surface area contributed by atoms with E-state index in [1.165, 1.54) is 0 Å². The lowest BCUT2D eigenvalue weighted by Gasteiger charge is -2.16. The Balaban J connectivity index is 1.36. The molecule has 0 bridgehead atoms. The Labute approximate surface area is 175 Å². The van der Waals surface area contributed by atoms with Gasteiger partial charge in [-0.25, -0.2) is 0 Å². The Morgan fingerprint density at radius 1 is 1.13 bits per heavy atom. The molecule has 2 heterocycles. The van der Waals surface area contributed by atoms with Crippen LogP contribution >= 0.6 is 0 Å². The third kappa shape index (κ3) is 4.10. The third-order valence-corrected chi connectivity index (χ3v) is 5.57. The van der Waals surface area contributed by atoms with Crippen LogP contribution in [0.15, 0.2) is 48.7 Å². The lowest BCUT2D eigenvalue weighted by atomic mass is 10.1. The Hall–Kier alpha value is -3.48. The van der Waals surface area contributed by atoms with Crippen molar-refractivity contribution in [3.63, 3.8) is 0 Å². The molecule has 156 valence electrons. The van der Waals surface area contributed by atoms with Gasteiger partial charge in [-0.2, -0.15) is 0 Å². The minimum atomic E-state index is -0.345. The summed E-state index contributed by atoms with van der Waals surface area (Å²) in [5.74, 6) is 1.07. The first kappa shape index (κ1) is 19.8. The van der Waals surface area contributed by atoms with E-state index in [1.54, 1.807) is 43.4 Å². The minimum absolute atomic E-state index is 0.0160. The van der Waals surface area contributed by atoms with E-state index in [0.717, 1.165) is 28.0 Å². The Morgan fingerprint density at radius 3 is 2.60 bits per heavy atom. The standard InChI is InChI=1S/C23H25N3O4/c1-29-18-5-3-17(4-6-18)25-23(28)16-11-22(27)26(14-16)10-9-15-13-24-21-8-7-19(30-2)12-20(15)21/h3-8,12-13,16,24H,9-11,14H2,1-2H3,(H,25,28)/t16-/m1/s1. The third-order valence-electron chi connectivity index (χ3n) is 5.57. The first-order valence-corrected chi connectivity index (χ1v) is 9.94. The maximum absolute atomic E-state index is 12.6. The molecule has 3 aromatic rings. The molecule has 30 heavy (non-hydrogen) atoms. The number of benzene rings is 2. The van der Waals surface area contributed by atoms with Gasteiger partial charge in [0.15, 0.2) is 0 Å². The van der Waals surface area contributed by atoms with Crippen LogP contribution in [0.2, 0.25) is 0 Å². The van der Waals surface area contributed by atoms with Crippen molar-refractivity contribution >= 4 is 28.4 Å². The number of likely N-dealkylation sites (tertiary alicyclic amines) is 1. The fourth-order valence-corrected chi connectivity index (χ4v) is 3.83. The number of H-pyrrole nitrogens is 1. The van der Waals surface area contributed by atoms with E-state index in [-0.39, 0.29) is 24.2 Å². The zero-order chi connectivity index (χ0) is 21.1. The maximum Gasteiger partial charge on any atom is 0.229 e. The van der Waals surface area contributed by atoms with Crippen LogP contribution in [0.5, 0.6) is 11.5 Å². The monoisotopic (exact) mass is 407 g/mol. The quantitative estimate of drug-likeness (QED) is 0.630. The molecule has 1 saturated heterocycles. The number of aromatic amines is 1. The van der Waals surface area contributed by atoms with Gasteiger partial charge in [0.1, 0.15) is 11.5 Å². The summed E-state index contributed by atoms with van der Waals surface area (Å²) in [6.07, 6.45) is 2.92. The predicted molar refractivity (Wildman–Crippen MR) is 115 cm³/mol. The van der Waals surface area contributed by atoms with Gasteiger partial charge in [-0.15, -0.1) is 0 Å². The van der Waals surface area contributed by atoms with E-state index in [0.29, 0.717) is 25.2 Å². The SMILES string of the molecule is COc1ccc(NC(=O)[C@@H]2CC(=O)N(CCc3c[nH]c4ccc(OC)cc34)C2)cc1. The molecule has 7 nitrogen and oxygen atoms in total. The number of amides is 2. The summed E-state index contributed by atoms with van der Waals surface area (Å²) in [6.45, 7) is 1.02. The number of aromatic nitrogens is 1.